The van der Waals surface area contributed by atoms with Crippen molar-refractivity contribution in [2.24, 2.45) is 0 Å². The van der Waals surface area contributed by atoms with Gasteiger partial charge in [0.15, 0.2) is 11.5 Å². The van der Waals surface area contributed by atoms with E-state index in [2.05, 4.69) is 31.8 Å². The largest absolute Gasteiger partial charge is 0.382 e. The van der Waals surface area contributed by atoms with E-state index in [1.807, 2.05) is 6.33 Å². The molecule has 2 aromatic rings. The average Bonchev–Trinajstić information content (AvgIpc) is 2.90. The highest BCUT2D eigenvalue weighted by molar-refractivity contribution is 5.82. The molecule has 0 spiro atoms. The first-order valence-electron chi connectivity index (χ1n) is 7.53. The number of anilines is 2. The minimum absolute atomic E-state index is 0.461. The van der Waals surface area contributed by atoms with Gasteiger partial charge in [-0.15, -0.1) is 0 Å². The zero-order chi connectivity index (χ0) is 13.9. The number of nitrogen functional groups attached to an aromatic ring is 1. The van der Waals surface area contributed by atoms with Gasteiger partial charge in [-0.2, -0.15) is 9.97 Å². The SMILES string of the molecule is CCCNc1nc(N)c2ncn(C3CCCCC3)c2n1. The molecule has 108 valence electrons. The van der Waals surface area contributed by atoms with Gasteiger partial charge in [0, 0.05) is 12.6 Å². The fourth-order valence-electron chi connectivity index (χ4n) is 2.88. The summed E-state index contributed by atoms with van der Waals surface area (Å²) in [6.07, 6.45) is 9.21. The molecule has 0 aromatic carbocycles. The summed E-state index contributed by atoms with van der Waals surface area (Å²) in [6.45, 7) is 2.96. The summed E-state index contributed by atoms with van der Waals surface area (Å²) in [7, 11) is 0. The number of nitrogens with zero attached hydrogens (tertiary/aromatic N) is 4. The van der Waals surface area contributed by atoms with Gasteiger partial charge in [0.2, 0.25) is 5.95 Å². The second-order valence-electron chi connectivity index (χ2n) is 5.48. The minimum Gasteiger partial charge on any atom is -0.382 e. The molecule has 20 heavy (non-hydrogen) atoms. The molecule has 2 heterocycles. The highest BCUT2D eigenvalue weighted by atomic mass is 15.2. The standard InChI is InChI=1S/C14H22N6/c1-2-8-16-14-18-12(15)11-13(19-14)20(9-17-11)10-6-4-3-5-7-10/h9-10H,2-8H2,1H3,(H3,15,16,18,19). The predicted molar refractivity (Wildman–Crippen MR) is 80.6 cm³/mol. The Morgan fingerprint density at radius 3 is 2.85 bits per heavy atom. The van der Waals surface area contributed by atoms with Crippen molar-refractivity contribution in [3.8, 4) is 0 Å². The monoisotopic (exact) mass is 274 g/mol. The summed E-state index contributed by atoms with van der Waals surface area (Å²) in [5, 5.41) is 3.20. The predicted octanol–water partition coefficient (Wildman–Crippen LogP) is 2.74. The molecular formula is C14H22N6. The number of fused-ring (bicyclic) bond motifs is 1. The van der Waals surface area contributed by atoms with E-state index >= 15 is 0 Å². The van der Waals surface area contributed by atoms with E-state index in [4.69, 9.17) is 5.73 Å². The van der Waals surface area contributed by atoms with E-state index < -0.39 is 0 Å². The summed E-state index contributed by atoms with van der Waals surface area (Å²) < 4.78 is 2.18. The van der Waals surface area contributed by atoms with E-state index in [0.717, 1.165) is 24.1 Å². The molecular weight excluding hydrogens is 252 g/mol. The first-order valence-corrected chi connectivity index (χ1v) is 7.53. The smallest absolute Gasteiger partial charge is 0.226 e. The normalized spacial score (nSPS) is 16.6. The highest BCUT2D eigenvalue weighted by Gasteiger charge is 2.19. The maximum absolute atomic E-state index is 6.00. The maximum Gasteiger partial charge on any atom is 0.226 e. The molecule has 1 aliphatic carbocycles. The van der Waals surface area contributed by atoms with Crippen LogP contribution in [0, 0.1) is 0 Å². The molecule has 3 rings (SSSR count). The van der Waals surface area contributed by atoms with Crippen LogP contribution in [0.15, 0.2) is 6.33 Å². The van der Waals surface area contributed by atoms with Crippen molar-refractivity contribution in [3.63, 3.8) is 0 Å². The van der Waals surface area contributed by atoms with Crippen LogP contribution in [0.5, 0.6) is 0 Å². The second-order valence-corrected chi connectivity index (χ2v) is 5.48. The van der Waals surface area contributed by atoms with Crippen LogP contribution in [-0.2, 0) is 0 Å². The summed E-state index contributed by atoms with van der Waals surface area (Å²) in [5.41, 5.74) is 7.59. The fraction of sp³-hybridized carbons (Fsp3) is 0.643. The zero-order valence-corrected chi connectivity index (χ0v) is 12.0. The molecule has 0 atom stereocenters. The topological polar surface area (TPSA) is 81.6 Å². The third-order valence-corrected chi connectivity index (χ3v) is 3.95. The van der Waals surface area contributed by atoms with Crippen LogP contribution in [0.3, 0.4) is 0 Å². The van der Waals surface area contributed by atoms with Crippen molar-refractivity contribution in [1.82, 2.24) is 19.5 Å². The van der Waals surface area contributed by atoms with E-state index in [1.165, 1.54) is 32.1 Å². The Hall–Kier alpha value is -1.85. The number of nitrogens with one attached hydrogen (secondary N) is 1. The summed E-state index contributed by atoms with van der Waals surface area (Å²) in [4.78, 5) is 13.3. The van der Waals surface area contributed by atoms with Gasteiger partial charge in [0.05, 0.1) is 6.33 Å². The lowest BCUT2D eigenvalue weighted by Gasteiger charge is -2.23. The molecule has 0 bridgehead atoms. The lowest BCUT2D eigenvalue weighted by molar-refractivity contribution is 0.358. The summed E-state index contributed by atoms with van der Waals surface area (Å²) in [6, 6.07) is 0.502. The first kappa shape index (κ1) is 13.1. The molecule has 0 aliphatic heterocycles. The van der Waals surface area contributed by atoms with Gasteiger partial charge in [0.1, 0.15) is 5.52 Å². The highest BCUT2D eigenvalue weighted by Crippen LogP contribution is 2.31. The third kappa shape index (κ3) is 2.42. The van der Waals surface area contributed by atoms with Crippen LogP contribution >= 0.6 is 0 Å². The van der Waals surface area contributed by atoms with Gasteiger partial charge >= 0.3 is 0 Å². The van der Waals surface area contributed by atoms with Crippen LogP contribution in [0.2, 0.25) is 0 Å². The lowest BCUT2D eigenvalue weighted by Crippen LogP contribution is -2.13. The van der Waals surface area contributed by atoms with Gasteiger partial charge < -0.3 is 15.6 Å². The number of imidazole rings is 1. The Morgan fingerprint density at radius 1 is 1.30 bits per heavy atom. The Morgan fingerprint density at radius 2 is 2.10 bits per heavy atom. The third-order valence-electron chi connectivity index (χ3n) is 3.95. The van der Waals surface area contributed by atoms with E-state index in [-0.39, 0.29) is 0 Å². The molecule has 0 unspecified atom stereocenters. The van der Waals surface area contributed by atoms with Crippen LogP contribution < -0.4 is 11.1 Å². The molecule has 2 aromatic heterocycles. The molecule has 1 aliphatic rings. The van der Waals surface area contributed by atoms with E-state index in [9.17, 15) is 0 Å². The summed E-state index contributed by atoms with van der Waals surface area (Å²) >= 11 is 0. The average molecular weight is 274 g/mol. The zero-order valence-electron chi connectivity index (χ0n) is 12.0. The van der Waals surface area contributed by atoms with Crippen molar-refractivity contribution >= 4 is 22.9 Å². The molecule has 1 fully saturated rings. The number of hydrogen-bond donors (Lipinski definition) is 2. The fourth-order valence-corrected chi connectivity index (χ4v) is 2.88. The molecule has 6 heteroatoms. The van der Waals surface area contributed by atoms with Crippen molar-refractivity contribution in [2.45, 2.75) is 51.5 Å². The van der Waals surface area contributed by atoms with Crippen molar-refractivity contribution in [2.75, 3.05) is 17.6 Å². The van der Waals surface area contributed by atoms with Gasteiger partial charge in [-0.05, 0) is 19.3 Å². The Kier molecular flexibility index (Phi) is 3.71. The van der Waals surface area contributed by atoms with Crippen LogP contribution in [0.25, 0.3) is 11.2 Å². The second kappa shape index (κ2) is 5.64. The van der Waals surface area contributed by atoms with Crippen molar-refractivity contribution in [1.29, 1.82) is 0 Å². The van der Waals surface area contributed by atoms with Gasteiger partial charge in [-0.25, -0.2) is 4.98 Å². The van der Waals surface area contributed by atoms with Crippen molar-refractivity contribution in [3.05, 3.63) is 6.33 Å². The quantitative estimate of drug-likeness (QED) is 0.896. The molecule has 0 amide bonds. The Balaban J connectivity index is 1.98. The minimum atomic E-state index is 0.461. The molecule has 3 N–H and O–H groups in total. The summed E-state index contributed by atoms with van der Waals surface area (Å²) in [5.74, 6) is 1.07. The van der Waals surface area contributed by atoms with Crippen LogP contribution in [-0.4, -0.2) is 26.1 Å². The Labute approximate surface area is 118 Å². The van der Waals surface area contributed by atoms with Crippen LogP contribution in [0.1, 0.15) is 51.5 Å². The maximum atomic E-state index is 6.00. The van der Waals surface area contributed by atoms with Gasteiger partial charge in [-0.1, -0.05) is 26.2 Å². The van der Waals surface area contributed by atoms with Gasteiger partial charge in [0.25, 0.3) is 0 Å². The number of rotatable bonds is 4. The van der Waals surface area contributed by atoms with Crippen molar-refractivity contribution < 1.29 is 0 Å². The lowest BCUT2D eigenvalue weighted by atomic mass is 9.95. The molecule has 6 nitrogen and oxygen atoms in total. The van der Waals surface area contributed by atoms with E-state index in [1.54, 1.807) is 0 Å². The van der Waals surface area contributed by atoms with Gasteiger partial charge in [-0.3, -0.25) is 0 Å². The van der Waals surface area contributed by atoms with E-state index in [0.29, 0.717) is 17.8 Å². The van der Waals surface area contributed by atoms with Crippen LogP contribution in [0.4, 0.5) is 11.8 Å². The molecule has 0 saturated heterocycles. The number of nitrogens with two attached hydrogens (primary N) is 1. The Bertz CT molecular complexity index is 585. The molecule has 0 radical (unpaired) electrons. The molecule has 1 saturated carbocycles. The number of aromatic nitrogens is 4. The number of hydrogen-bond acceptors (Lipinski definition) is 5. The first-order chi connectivity index (χ1) is 9.79.